The fraction of sp³-hybridized carbons (Fsp3) is 0.167. The van der Waals surface area contributed by atoms with Gasteiger partial charge >= 0.3 is 0 Å². The summed E-state index contributed by atoms with van der Waals surface area (Å²) in [6, 6.07) is 4.65. The van der Waals surface area contributed by atoms with Crippen molar-refractivity contribution in [2.75, 3.05) is 0 Å². The molecule has 0 atom stereocenters. The molecule has 6 nitrogen and oxygen atoms in total. The van der Waals surface area contributed by atoms with Crippen molar-refractivity contribution in [2.45, 2.75) is 13.1 Å². The number of phenols is 3. The lowest BCUT2D eigenvalue weighted by Gasteiger charge is -2.08. The second-order valence-electron chi connectivity index (χ2n) is 3.75. The first-order valence-corrected chi connectivity index (χ1v) is 5.37. The van der Waals surface area contributed by atoms with Crippen LogP contribution >= 0.6 is 0 Å². The molecule has 1 heterocycles. The number of aromatic nitrogens is 2. The Labute approximate surface area is 104 Å². The molecule has 0 aliphatic rings. The molecule has 6 heteroatoms. The second kappa shape index (κ2) is 5.33. The van der Waals surface area contributed by atoms with Gasteiger partial charge in [-0.05, 0) is 12.1 Å². The summed E-state index contributed by atoms with van der Waals surface area (Å²) in [5.74, 6) is -1.16. The van der Waals surface area contributed by atoms with Gasteiger partial charge in [-0.1, -0.05) is 6.07 Å². The van der Waals surface area contributed by atoms with Gasteiger partial charge in [0.15, 0.2) is 11.5 Å². The third-order valence-corrected chi connectivity index (χ3v) is 2.48. The van der Waals surface area contributed by atoms with Crippen molar-refractivity contribution in [1.29, 1.82) is 0 Å². The van der Waals surface area contributed by atoms with Crippen LogP contribution in [0.25, 0.3) is 0 Å². The highest BCUT2D eigenvalue weighted by Crippen LogP contribution is 2.36. The lowest BCUT2D eigenvalue weighted by atomic mass is 10.1. The largest absolute Gasteiger partial charge is 0.504 e. The number of aromatic hydroxyl groups is 3. The van der Waals surface area contributed by atoms with E-state index in [-0.39, 0.29) is 11.5 Å². The predicted octanol–water partition coefficient (Wildman–Crippen LogP) is 0.883. The Morgan fingerprint density at radius 2 is 1.83 bits per heavy atom. The van der Waals surface area contributed by atoms with Crippen molar-refractivity contribution in [2.24, 2.45) is 0 Å². The van der Waals surface area contributed by atoms with Gasteiger partial charge in [-0.3, -0.25) is 0 Å². The number of nitrogens with zero attached hydrogens (tertiary/aromatic N) is 2. The minimum absolute atomic E-state index is 0.315. The molecule has 0 radical (unpaired) electrons. The molecule has 0 spiro atoms. The molecule has 2 aromatic rings. The molecule has 2 rings (SSSR count). The first-order chi connectivity index (χ1) is 8.68. The molecular weight excluding hydrogens is 234 g/mol. The number of phenolic OH excluding ortho intramolecular Hbond substituents is 3. The van der Waals surface area contributed by atoms with Crippen LogP contribution in [-0.2, 0) is 13.1 Å². The van der Waals surface area contributed by atoms with E-state index >= 15 is 0 Å². The minimum atomic E-state index is -0.503. The van der Waals surface area contributed by atoms with E-state index < -0.39 is 5.75 Å². The van der Waals surface area contributed by atoms with E-state index in [1.54, 1.807) is 12.3 Å². The number of rotatable bonds is 4. The Hall–Kier alpha value is -2.34. The summed E-state index contributed by atoms with van der Waals surface area (Å²) < 4.78 is 0. The van der Waals surface area contributed by atoms with E-state index in [9.17, 15) is 15.3 Å². The Morgan fingerprint density at radius 1 is 1.00 bits per heavy atom. The summed E-state index contributed by atoms with van der Waals surface area (Å²) in [4.78, 5) is 7.85. The van der Waals surface area contributed by atoms with Crippen molar-refractivity contribution in [3.63, 3.8) is 0 Å². The molecular formula is C12H13N3O3. The molecule has 0 aliphatic heterocycles. The standard InChI is InChI=1S/C12H13N3O3/c16-10-2-1-8(11(17)12(10)18)5-14-6-9-3-4-13-7-15-9/h1-4,7,14,16-18H,5-6H2. The van der Waals surface area contributed by atoms with Gasteiger partial charge in [0.2, 0.25) is 5.75 Å². The van der Waals surface area contributed by atoms with Crippen LogP contribution in [0.4, 0.5) is 0 Å². The zero-order valence-corrected chi connectivity index (χ0v) is 9.54. The maximum absolute atomic E-state index is 9.60. The maximum Gasteiger partial charge on any atom is 0.200 e. The number of hydrogen-bond acceptors (Lipinski definition) is 6. The topological polar surface area (TPSA) is 98.5 Å². The van der Waals surface area contributed by atoms with Gasteiger partial charge in [0.25, 0.3) is 0 Å². The summed E-state index contributed by atoms with van der Waals surface area (Å²) >= 11 is 0. The van der Waals surface area contributed by atoms with Crippen molar-refractivity contribution < 1.29 is 15.3 Å². The highest BCUT2D eigenvalue weighted by Gasteiger charge is 2.10. The first kappa shape index (κ1) is 12.1. The van der Waals surface area contributed by atoms with Crippen LogP contribution in [0.3, 0.4) is 0 Å². The summed E-state index contributed by atoms with van der Waals surface area (Å²) in [6.45, 7) is 0.868. The van der Waals surface area contributed by atoms with E-state index in [1.807, 2.05) is 0 Å². The smallest absolute Gasteiger partial charge is 0.200 e. The van der Waals surface area contributed by atoms with Gasteiger partial charge < -0.3 is 20.6 Å². The van der Waals surface area contributed by atoms with Gasteiger partial charge in [-0.2, -0.15) is 0 Å². The molecule has 4 N–H and O–H groups in total. The van der Waals surface area contributed by atoms with E-state index in [1.165, 1.54) is 18.5 Å². The zero-order chi connectivity index (χ0) is 13.0. The molecule has 1 aromatic carbocycles. The summed E-state index contributed by atoms with van der Waals surface area (Å²) in [6.07, 6.45) is 3.11. The lowest BCUT2D eigenvalue weighted by molar-refractivity contribution is 0.364. The van der Waals surface area contributed by atoms with Crippen LogP contribution in [0.1, 0.15) is 11.3 Å². The quantitative estimate of drug-likeness (QED) is 0.599. The Bertz CT molecular complexity index is 532. The first-order valence-electron chi connectivity index (χ1n) is 5.37. The Kier molecular flexibility index (Phi) is 3.59. The van der Waals surface area contributed by atoms with Crippen molar-refractivity contribution >= 4 is 0 Å². The third-order valence-electron chi connectivity index (χ3n) is 2.48. The average molecular weight is 247 g/mol. The van der Waals surface area contributed by atoms with Crippen LogP contribution in [-0.4, -0.2) is 25.3 Å². The van der Waals surface area contributed by atoms with E-state index in [4.69, 9.17) is 0 Å². The number of nitrogens with one attached hydrogen (secondary N) is 1. The van der Waals surface area contributed by atoms with Crippen molar-refractivity contribution in [3.05, 3.63) is 42.0 Å². The van der Waals surface area contributed by atoms with Crippen LogP contribution in [0.15, 0.2) is 30.7 Å². The molecule has 0 aliphatic carbocycles. The molecule has 0 amide bonds. The predicted molar refractivity (Wildman–Crippen MR) is 64.0 cm³/mol. The fourth-order valence-electron chi connectivity index (χ4n) is 1.50. The maximum atomic E-state index is 9.60. The van der Waals surface area contributed by atoms with Crippen LogP contribution in [0.5, 0.6) is 17.2 Å². The van der Waals surface area contributed by atoms with E-state index in [0.717, 1.165) is 5.69 Å². The van der Waals surface area contributed by atoms with Gasteiger partial charge in [-0.15, -0.1) is 0 Å². The minimum Gasteiger partial charge on any atom is -0.504 e. The Morgan fingerprint density at radius 3 is 2.56 bits per heavy atom. The third kappa shape index (κ3) is 2.67. The summed E-state index contributed by atoms with van der Waals surface area (Å²) in [5.41, 5.74) is 1.33. The lowest BCUT2D eigenvalue weighted by Crippen LogP contribution is -2.13. The van der Waals surface area contributed by atoms with Crippen LogP contribution < -0.4 is 5.32 Å². The molecule has 0 saturated heterocycles. The number of hydrogen-bond donors (Lipinski definition) is 4. The normalized spacial score (nSPS) is 10.4. The van der Waals surface area contributed by atoms with Crippen molar-refractivity contribution in [3.8, 4) is 17.2 Å². The van der Waals surface area contributed by atoms with Crippen LogP contribution in [0.2, 0.25) is 0 Å². The van der Waals surface area contributed by atoms with Crippen LogP contribution in [0, 0.1) is 0 Å². The van der Waals surface area contributed by atoms with Crippen molar-refractivity contribution in [1.82, 2.24) is 15.3 Å². The molecule has 94 valence electrons. The zero-order valence-electron chi connectivity index (χ0n) is 9.54. The molecule has 0 bridgehead atoms. The van der Waals surface area contributed by atoms with Gasteiger partial charge in [0.1, 0.15) is 6.33 Å². The molecule has 0 saturated carbocycles. The van der Waals surface area contributed by atoms with E-state index in [2.05, 4.69) is 15.3 Å². The summed E-state index contributed by atoms with van der Waals surface area (Å²) in [7, 11) is 0. The summed E-state index contributed by atoms with van der Waals surface area (Å²) in [5, 5.41) is 31.2. The molecule has 0 unspecified atom stereocenters. The Balaban J connectivity index is 1.97. The highest BCUT2D eigenvalue weighted by molar-refractivity contribution is 5.52. The molecule has 18 heavy (non-hydrogen) atoms. The molecule has 1 aromatic heterocycles. The van der Waals surface area contributed by atoms with E-state index in [0.29, 0.717) is 18.7 Å². The SMILES string of the molecule is Oc1ccc(CNCc2ccncn2)c(O)c1O. The number of benzene rings is 1. The van der Waals surface area contributed by atoms with Gasteiger partial charge in [0, 0.05) is 24.8 Å². The second-order valence-corrected chi connectivity index (χ2v) is 3.75. The molecule has 0 fully saturated rings. The van der Waals surface area contributed by atoms with Gasteiger partial charge in [-0.25, -0.2) is 9.97 Å². The highest BCUT2D eigenvalue weighted by atomic mass is 16.3. The monoisotopic (exact) mass is 247 g/mol. The average Bonchev–Trinajstić information content (AvgIpc) is 2.40. The van der Waals surface area contributed by atoms with Gasteiger partial charge in [0.05, 0.1) is 5.69 Å². The fourth-order valence-corrected chi connectivity index (χ4v) is 1.50.